The first-order chi connectivity index (χ1) is 13.9. The second-order valence-electron chi connectivity index (χ2n) is 6.41. The zero-order valence-electron chi connectivity index (χ0n) is 20.2. The molecule has 1 aromatic heterocycles. The summed E-state index contributed by atoms with van der Waals surface area (Å²) in [6.45, 7) is 0.280. The van der Waals surface area contributed by atoms with Crippen LogP contribution in [-0.2, 0) is 0 Å². The summed E-state index contributed by atoms with van der Waals surface area (Å²) in [5.74, 6) is 0. The Morgan fingerprint density at radius 2 is 1.58 bits per heavy atom. The van der Waals surface area contributed by atoms with Gasteiger partial charge in [-0.1, -0.05) is 73.2 Å². The van der Waals surface area contributed by atoms with Crippen LogP contribution in [0.5, 0.6) is 0 Å². The van der Waals surface area contributed by atoms with E-state index in [0.29, 0.717) is 5.19 Å². The first-order valence-electron chi connectivity index (χ1n) is 11.0. The number of benzene rings is 2. The molecule has 2 heteroatoms. The summed E-state index contributed by atoms with van der Waals surface area (Å²) in [5, 5.41) is 0.426. The molecule has 0 amide bonds. The van der Waals surface area contributed by atoms with Crippen LogP contribution in [0.15, 0.2) is 60.8 Å². The lowest BCUT2D eigenvalue weighted by Gasteiger charge is -2.19. The van der Waals surface area contributed by atoms with Crippen LogP contribution in [-0.4, -0.2) is 13.1 Å². The van der Waals surface area contributed by atoms with Crippen molar-refractivity contribution in [1.29, 1.82) is 0 Å². The molecule has 0 spiro atoms. The van der Waals surface area contributed by atoms with E-state index in [9.17, 15) is 0 Å². The second-order valence-corrected chi connectivity index (χ2v) is 9.23. The van der Waals surface area contributed by atoms with Crippen molar-refractivity contribution in [2.45, 2.75) is 33.3 Å². The predicted octanol–water partition coefficient (Wildman–Crippen LogP) is 5.58. The maximum absolute atomic E-state index is 7.93. The summed E-state index contributed by atoms with van der Waals surface area (Å²) in [6.07, 6.45) is 1.82. The first kappa shape index (κ1) is 10.6. The average molecular weight is 338 g/mol. The van der Waals surface area contributed by atoms with E-state index in [1.54, 1.807) is 12.1 Å². The van der Waals surface area contributed by atoms with E-state index in [-0.39, 0.29) is 0 Å². The molecule has 0 aliphatic carbocycles. The normalized spacial score (nSPS) is 16.3. The summed E-state index contributed by atoms with van der Waals surface area (Å²) < 4.78 is 47.6. The van der Waals surface area contributed by atoms with Crippen molar-refractivity contribution in [3.8, 4) is 22.4 Å². The van der Waals surface area contributed by atoms with Gasteiger partial charge in [0.2, 0.25) is 0 Å². The molecule has 24 heavy (non-hydrogen) atoms. The molecule has 0 unspecified atom stereocenters. The third-order valence-corrected chi connectivity index (χ3v) is 5.74. The molecule has 0 bridgehead atoms. The highest BCUT2D eigenvalue weighted by molar-refractivity contribution is 6.88. The van der Waals surface area contributed by atoms with Crippen LogP contribution in [0.1, 0.15) is 19.4 Å². The summed E-state index contributed by atoms with van der Waals surface area (Å²) in [4.78, 5) is 4.61. The second kappa shape index (κ2) is 6.37. The molecule has 0 fully saturated rings. The average Bonchev–Trinajstić information content (AvgIpc) is 2.66. The standard InChI is InChI=1S/C22H25NSi/c1-16-13-19(24(3,4)5)11-12-20(16)21-15-23-22(14-17(21)2)18-9-7-6-8-10-18/h6-15H,1-5H3/i3D3,4D3. The number of hydrogen-bond donors (Lipinski definition) is 0. The number of hydrogen-bond acceptors (Lipinski definition) is 1. The molecule has 3 aromatic rings. The summed E-state index contributed by atoms with van der Waals surface area (Å²) in [7, 11) is -3.77. The number of nitrogens with zero attached hydrogens (tertiary/aromatic N) is 1. The van der Waals surface area contributed by atoms with Gasteiger partial charge >= 0.3 is 0 Å². The Bertz CT molecular complexity index is 1040. The summed E-state index contributed by atoms with van der Waals surface area (Å²) in [5.41, 5.74) is 5.69. The smallest absolute Gasteiger partial charge is 0.0776 e. The van der Waals surface area contributed by atoms with Crippen molar-refractivity contribution in [2.75, 3.05) is 0 Å². The monoisotopic (exact) mass is 337 g/mol. The molecule has 2 aromatic carbocycles. The lowest BCUT2D eigenvalue weighted by atomic mass is 9.97. The van der Waals surface area contributed by atoms with E-state index in [0.717, 1.165) is 33.5 Å². The highest BCUT2D eigenvalue weighted by atomic mass is 28.3. The van der Waals surface area contributed by atoms with Gasteiger partial charge in [-0.15, -0.1) is 0 Å². The molecule has 1 heterocycles. The molecule has 0 saturated heterocycles. The van der Waals surface area contributed by atoms with Gasteiger partial charge in [0.15, 0.2) is 0 Å². The van der Waals surface area contributed by atoms with Crippen molar-refractivity contribution < 1.29 is 8.22 Å². The highest BCUT2D eigenvalue weighted by Gasteiger charge is 2.17. The van der Waals surface area contributed by atoms with Gasteiger partial charge in [-0.25, -0.2) is 0 Å². The molecule has 0 atom stereocenters. The van der Waals surface area contributed by atoms with Gasteiger partial charge in [-0.3, -0.25) is 4.98 Å². The third kappa shape index (κ3) is 3.34. The van der Waals surface area contributed by atoms with Crippen molar-refractivity contribution in [3.05, 3.63) is 71.9 Å². The lowest BCUT2D eigenvalue weighted by molar-refractivity contribution is 1.28. The fourth-order valence-electron chi connectivity index (χ4n) is 2.88. The van der Waals surface area contributed by atoms with Crippen LogP contribution >= 0.6 is 0 Å². The van der Waals surface area contributed by atoms with E-state index >= 15 is 0 Å². The fourth-order valence-corrected chi connectivity index (χ4v) is 3.80. The summed E-state index contributed by atoms with van der Waals surface area (Å²) in [6, 6.07) is 17.2. The van der Waals surface area contributed by atoms with Crippen molar-refractivity contribution in [2.24, 2.45) is 0 Å². The van der Waals surface area contributed by atoms with Gasteiger partial charge in [0.05, 0.1) is 13.8 Å². The minimum Gasteiger partial charge on any atom is -0.256 e. The van der Waals surface area contributed by atoms with Crippen LogP contribution < -0.4 is 5.19 Å². The molecule has 0 saturated carbocycles. The first-order valence-corrected chi connectivity index (χ1v) is 10.5. The SMILES string of the molecule is [2H]C([2H])([2H])[Si](C)(c1ccc(-c2cnc(-c3ccccc3)cc2C)c(C)c1)C([2H])([2H])[2H]. The van der Waals surface area contributed by atoms with Gasteiger partial charge in [-0.05, 0) is 36.6 Å². The van der Waals surface area contributed by atoms with Gasteiger partial charge < -0.3 is 0 Å². The van der Waals surface area contributed by atoms with Gasteiger partial charge in [0, 0.05) is 25.5 Å². The Hall–Kier alpha value is -2.19. The topological polar surface area (TPSA) is 12.9 Å². The zero-order valence-corrected chi connectivity index (χ0v) is 15.2. The van der Waals surface area contributed by atoms with E-state index in [2.05, 4.69) is 4.98 Å². The molecule has 1 nitrogen and oxygen atoms in total. The Morgan fingerprint density at radius 3 is 2.21 bits per heavy atom. The molecule has 0 radical (unpaired) electrons. The maximum Gasteiger partial charge on any atom is 0.0776 e. The van der Waals surface area contributed by atoms with E-state index < -0.39 is 21.0 Å². The maximum atomic E-state index is 7.93. The molecule has 3 rings (SSSR count). The number of rotatable bonds is 3. The molecule has 122 valence electrons. The number of pyridine rings is 1. The predicted molar refractivity (Wildman–Crippen MR) is 108 cm³/mol. The minimum absolute atomic E-state index is 0.426. The Kier molecular flexibility index (Phi) is 2.82. The van der Waals surface area contributed by atoms with Crippen molar-refractivity contribution in [1.82, 2.24) is 4.98 Å². The Labute approximate surface area is 154 Å². The van der Waals surface area contributed by atoms with Crippen LogP contribution in [0.3, 0.4) is 0 Å². The molecule has 0 aliphatic rings. The largest absolute Gasteiger partial charge is 0.256 e. The molecule has 0 aliphatic heterocycles. The minimum atomic E-state index is -3.77. The van der Waals surface area contributed by atoms with Crippen LogP contribution in [0, 0.1) is 13.8 Å². The van der Waals surface area contributed by atoms with Crippen LogP contribution in [0.4, 0.5) is 0 Å². The van der Waals surface area contributed by atoms with E-state index in [4.69, 9.17) is 8.22 Å². The molecular formula is C22H25NSi. The number of aryl methyl sites for hydroxylation is 2. The van der Waals surface area contributed by atoms with Gasteiger partial charge in [0.25, 0.3) is 0 Å². The lowest BCUT2D eigenvalue weighted by Crippen LogP contribution is -2.37. The van der Waals surface area contributed by atoms with Crippen LogP contribution in [0.25, 0.3) is 22.4 Å². The Balaban J connectivity index is 2.06. The van der Waals surface area contributed by atoms with Crippen molar-refractivity contribution in [3.63, 3.8) is 0 Å². The van der Waals surface area contributed by atoms with Crippen LogP contribution in [0.2, 0.25) is 19.5 Å². The van der Waals surface area contributed by atoms with E-state index in [1.165, 1.54) is 6.55 Å². The number of aromatic nitrogens is 1. The highest BCUT2D eigenvalue weighted by Crippen LogP contribution is 2.28. The summed E-state index contributed by atoms with van der Waals surface area (Å²) >= 11 is 0. The van der Waals surface area contributed by atoms with Crippen molar-refractivity contribution >= 4 is 13.3 Å². The molecule has 0 N–H and O–H groups in total. The quantitative estimate of drug-likeness (QED) is 0.569. The van der Waals surface area contributed by atoms with Gasteiger partial charge in [-0.2, -0.15) is 0 Å². The van der Waals surface area contributed by atoms with E-state index in [1.807, 2.05) is 62.5 Å². The third-order valence-electron chi connectivity index (χ3n) is 4.27. The fraction of sp³-hybridized carbons (Fsp3) is 0.227. The molecular weight excluding hydrogens is 306 g/mol. The zero-order chi connectivity index (χ0) is 22.3. The Morgan fingerprint density at radius 1 is 0.875 bits per heavy atom. The van der Waals surface area contributed by atoms with Gasteiger partial charge in [0.1, 0.15) is 0 Å².